The molecule has 0 amide bonds. The fourth-order valence-electron chi connectivity index (χ4n) is 4.51. The van der Waals surface area contributed by atoms with Gasteiger partial charge in [0.2, 0.25) is 0 Å². The first-order valence-corrected chi connectivity index (χ1v) is 9.79. The molecule has 1 aliphatic carbocycles. The van der Waals surface area contributed by atoms with E-state index in [1.807, 2.05) is 0 Å². The summed E-state index contributed by atoms with van der Waals surface area (Å²) < 4.78 is 0. The quantitative estimate of drug-likeness (QED) is 0.420. The van der Waals surface area contributed by atoms with Crippen LogP contribution in [-0.2, 0) is 6.42 Å². The smallest absolute Gasteiger partial charge is 0.0105 e. The largest absolute Gasteiger partial charge is 0.0654 e. The minimum atomic E-state index is 0.515. The predicted molar refractivity (Wildman–Crippen MR) is 98.5 cm³/mol. The average Bonchev–Trinajstić information content (AvgIpc) is 2.55. The fourth-order valence-corrected chi connectivity index (χ4v) is 4.51. The number of fused-ring (bicyclic) bond motifs is 1. The number of aryl methyl sites for hydroxylation is 1. The first-order valence-electron chi connectivity index (χ1n) is 9.79. The second kappa shape index (κ2) is 8.75. The molecule has 1 aromatic carbocycles. The Morgan fingerprint density at radius 1 is 0.955 bits per heavy atom. The highest BCUT2D eigenvalue weighted by Gasteiger charge is 2.36. The van der Waals surface area contributed by atoms with Gasteiger partial charge in [-0.25, -0.2) is 0 Å². The lowest BCUT2D eigenvalue weighted by Crippen LogP contribution is -2.29. The maximum absolute atomic E-state index is 2.60. The Morgan fingerprint density at radius 3 is 2.23 bits per heavy atom. The number of hydrogen-bond acceptors (Lipinski definition) is 0. The molecule has 0 heterocycles. The molecule has 124 valence electrons. The number of hydrogen-bond donors (Lipinski definition) is 0. The van der Waals surface area contributed by atoms with E-state index < -0.39 is 0 Å². The highest BCUT2D eigenvalue weighted by atomic mass is 14.4. The van der Waals surface area contributed by atoms with Crippen LogP contribution in [0.2, 0.25) is 0 Å². The summed E-state index contributed by atoms with van der Waals surface area (Å²) in [5.41, 5.74) is 3.83. The summed E-state index contributed by atoms with van der Waals surface area (Å²) in [6.45, 7) is 7.25. The maximum atomic E-state index is 2.60. The van der Waals surface area contributed by atoms with Crippen LogP contribution in [0, 0.1) is 5.41 Å². The molecular weight excluding hydrogens is 264 g/mol. The van der Waals surface area contributed by atoms with Crippen molar-refractivity contribution < 1.29 is 0 Å². The molecule has 0 aliphatic heterocycles. The van der Waals surface area contributed by atoms with Crippen molar-refractivity contribution in [3.05, 3.63) is 35.4 Å². The normalized spacial score (nSPS) is 18.2. The van der Waals surface area contributed by atoms with E-state index in [9.17, 15) is 0 Å². The lowest BCUT2D eigenvalue weighted by atomic mass is 9.63. The molecule has 2 rings (SSSR count). The molecule has 1 aromatic rings. The standard InChI is InChI=1S/C22H36/c1-4-6-10-17-22(3,18-11-7-5-2)21-16-12-14-19-13-8-9-15-20(19)21/h8-9,13,15,21H,4-7,10-12,14,16-18H2,1-3H3. The minimum absolute atomic E-state index is 0.515. The molecule has 1 aliphatic rings. The highest BCUT2D eigenvalue weighted by molar-refractivity contribution is 5.34. The van der Waals surface area contributed by atoms with Crippen molar-refractivity contribution in [1.82, 2.24) is 0 Å². The molecule has 0 N–H and O–H groups in total. The van der Waals surface area contributed by atoms with Gasteiger partial charge in [0, 0.05) is 0 Å². The van der Waals surface area contributed by atoms with E-state index in [0.29, 0.717) is 5.41 Å². The highest BCUT2D eigenvalue weighted by Crippen LogP contribution is 2.49. The summed E-state index contributed by atoms with van der Waals surface area (Å²) in [5, 5.41) is 0. The Morgan fingerprint density at radius 2 is 1.59 bits per heavy atom. The molecule has 0 heteroatoms. The van der Waals surface area contributed by atoms with Crippen LogP contribution in [0.4, 0.5) is 0 Å². The van der Waals surface area contributed by atoms with Crippen LogP contribution in [0.3, 0.4) is 0 Å². The topological polar surface area (TPSA) is 0 Å². The maximum Gasteiger partial charge on any atom is -0.0105 e. The predicted octanol–water partition coefficient (Wildman–Crippen LogP) is 7.27. The fraction of sp³-hybridized carbons (Fsp3) is 0.727. The van der Waals surface area contributed by atoms with Gasteiger partial charge in [-0.3, -0.25) is 0 Å². The number of rotatable bonds is 9. The lowest BCUT2D eigenvalue weighted by Gasteiger charge is -2.42. The van der Waals surface area contributed by atoms with Gasteiger partial charge in [-0.05, 0) is 54.6 Å². The summed E-state index contributed by atoms with van der Waals surface area (Å²) in [6.07, 6.45) is 15.2. The second-order valence-electron chi connectivity index (χ2n) is 7.71. The van der Waals surface area contributed by atoms with Gasteiger partial charge < -0.3 is 0 Å². The molecular formula is C22H36. The second-order valence-corrected chi connectivity index (χ2v) is 7.71. The summed E-state index contributed by atoms with van der Waals surface area (Å²) in [7, 11) is 0. The van der Waals surface area contributed by atoms with E-state index in [2.05, 4.69) is 45.0 Å². The average molecular weight is 301 g/mol. The van der Waals surface area contributed by atoms with Gasteiger partial charge in [-0.2, -0.15) is 0 Å². The van der Waals surface area contributed by atoms with Crippen LogP contribution in [0.25, 0.3) is 0 Å². The van der Waals surface area contributed by atoms with E-state index in [-0.39, 0.29) is 0 Å². The van der Waals surface area contributed by atoms with Gasteiger partial charge in [-0.1, -0.05) is 83.6 Å². The van der Waals surface area contributed by atoms with Crippen molar-refractivity contribution in [1.29, 1.82) is 0 Å². The van der Waals surface area contributed by atoms with Crippen molar-refractivity contribution in [3.8, 4) is 0 Å². The Bertz CT molecular complexity index is 421. The molecule has 1 atom stereocenters. The van der Waals surface area contributed by atoms with Gasteiger partial charge in [-0.15, -0.1) is 0 Å². The Hall–Kier alpha value is -0.780. The molecule has 22 heavy (non-hydrogen) atoms. The molecule has 0 saturated carbocycles. The monoisotopic (exact) mass is 300 g/mol. The Labute approximate surface area is 138 Å². The first-order chi connectivity index (χ1) is 10.7. The van der Waals surface area contributed by atoms with Crippen molar-refractivity contribution in [2.75, 3.05) is 0 Å². The lowest BCUT2D eigenvalue weighted by molar-refractivity contribution is 0.180. The third-order valence-electron chi connectivity index (χ3n) is 5.91. The van der Waals surface area contributed by atoms with E-state index in [4.69, 9.17) is 0 Å². The van der Waals surface area contributed by atoms with Crippen LogP contribution < -0.4 is 0 Å². The molecule has 0 nitrogen and oxygen atoms in total. The minimum Gasteiger partial charge on any atom is -0.0654 e. The van der Waals surface area contributed by atoms with Gasteiger partial charge in [0.25, 0.3) is 0 Å². The molecule has 0 fully saturated rings. The van der Waals surface area contributed by atoms with Gasteiger partial charge in [0.05, 0.1) is 0 Å². The van der Waals surface area contributed by atoms with Crippen LogP contribution in [0.15, 0.2) is 24.3 Å². The van der Waals surface area contributed by atoms with Crippen molar-refractivity contribution in [3.63, 3.8) is 0 Å². The van der Waals surface area contributed by atoms with Crippen molar-refractivity contribution in [2.24, 2.45) is 5.41 Å². The first kappa shape index (κ1) is 17.6. The van der Waals surface area contributed by atoms with Gasteiger partial charge in [0.1, 0.15) is 0 Å². The number of benzene rings is 1. The zero-order chi connectivity index (χ0) is 15.8. The molecule has 0 radical (unpaired) electrons. The Balaban J connectivity index is 2.16. The third-order valence-corrected chi connectivity index (χ3v) is 5.91. The van der Waals surface area contributed by atoms with Crippen LogP contribution >= 0.6 is 0 Å². The van der Waals surface area contributed by atoms with Crippen LogP contribution in [0.5, 0.6) is 0 Å². The Kier molecular flexibility index (Phi) is 6.99. The summed E-state index contributed by atoms with van der Waals surface area (Å²) in [5.74, 6) is 0.797. The van der Waals surface area contributed by atoms with E-state index in [0.717, 1.165) is 5.92 Å². The van der Waals surface area contributed by atoms with E-state index in [1.54, 1.807) is 11.1 Å². The number of unbranched alkanes of at least 4 members (excludes halogenated alkanes) is 4. The van der Waals surface area contributed by atoms with E-state index in [1.165, 1.54) is 70.6 Å². The third kappa shape index (κ3) is 4.37. The zero-order valence-corrected chi connectivity index (χ0v) is 15.2. The van der Waals surface area contributed by atoms with Crippen molar-refractivity contribution in [2.45, 2.75) is 97.3 Å². The molecule has 0 bridgehead atoms. The van der Waals surface area contributed by atoms with Gasteiger partial charge in [0.15, 0.2) is 0 Å². The molecule has 0 spiro atoms. The van der Waals surface area contributed by atoms with Crippen LogP contribution in [0.1, 0.15) is 102 Å². The van der Waals surface area contributed by atoms with Crippen molar-refractivity contribution >= 4 is 0 Å². The zero-order valence-electron chi connectivity index (χ0n) is 15.2. The summed E-state index contributed by atoms with van der Waals surface area (Å²) in [4.78, 5) is 0. The SMILES string of the molecule is CCCCCC(C)(CCCCC)C1CCCc2ccccc21. The van der Waals surface area contributed by atoms with Crippen LogP contribution in [-0.4, -0.2) is 0 Å². The van der Waals surface area contributed by atoms with E-state index >= 15 is 0 Å². The van der Waals surface area contributed by atoms with Gasteiger partial charge >= 0.3 is 0 Å². The summed E-state index contributed by atoms with van der Waals surface area (Å²) >= 11 is 0. The molecule has 0 saturated heterocycles. The summed E-state index contributed by atoms with van der Waals surface area (Å²) in [6, 6.07) is 9.29. The molecule has 1 unspecified atom stereocenters. The molecule has 0 aromatic heterocycles.